The Morgan fingerprint density at radius 2 is 1.93 bits per heavy atom. The Hall–Kier alpha value is 0.473. The first-order chi connectivity index (χ1) is 6.61. The molecule has 0 heterocycles. The molecule has 0 radical (unpaired) electrons. The maximum absolute atomic E-state index is 3.40. The van der Waals surface area contributed by atoms with Crippen LogP contribution in [0.3, 0.4) is 0 Å². The van der Waals surface area contributed by atoms with E-state index >= 15 is 0 Å². The van der Waals surface area contributed by atoms with Crippen molar-refractivity contribution in [3.05, 3.63) is 46.1 Å². The Morgan fingerprint density at radius 3 is 2.13 bits per heavy atom. The van der Waals surface area contributed by atoms with Gasteiger partial charge in [-0.05, 0) is 0 Å². The topological polar surface area (TPSA) is 0 Å². The van der Waals surface area contributed by atoms with Crippen molar-refractivity contribution in [1.82, 2.24) is 0 Å². The quantitative estimate of drug-likeness (QED) is 0.497. The molecule has 2 aliphatic carbocycles. The fourth-order valence-corrected chi connectivity index (χ4v) is 4.83. The van der Waals surface area contributed by atoms with Gasteiger partial charge in [-0.25, -0.2) is 12.2 Å². The molecule has 0 unspecified atom stereocenters. The molecule has 0 fully saturated rings. The smallest absolute Gasteiger partial charge is 1.00 e. The second kappa shape index (κ2) is 7.70. The van der Waals surface area contributed by atoms with E-state index in [1.54, 1.807) is 3.59 Å². The average molecular weight is 343 g/mol. The molecule has 2 rings (SSSR count). The van der Waals surface area contributed by atoms with Crippen LogP contribution < -0.4 is 0 Å². The second-order valence-electron chi connectivity index (χ2n) is 4.45. The summed E-state index contributed by atoms with van der Waals surface area (Å²) in [5.74, 6) is 0. The largest absolute Gasteiger partial charge is 2.00 e. The van der Waals surface area contributed by atoms with Crippen molar-refractivity contribution in [2.75, 3.05) is 0 Å². The summed E-state index contributed by atoms with van der Waals surface area (Å²) in [6, 6.07) is 0. The summed E-state index contributed by atoms with van der Waals surface area (Å²) < 4.78 is 1.56. The predicted octanol–water partition coefficient (Wildman–Crippen LogP) is 4.08. The van der Waals surface area contributed by atoms with Gasteiger partial charge in [-0.1, -0.05) is 0 Å². The van der Waals surface area contributed by atoms with E-state index in [1.165, 1.54) is 0 Å². The van der Waals surface area contributed by atoms with E-state index in [-0.39, 0.29) is 24.6 Å². The van der Waals surface area contributed by atoms with Gasteiger partial charge in [-0.2, -0.15) is 6.08 Å². The van der Waals surface area contributed by atoms with Crippen molar-refractivity contribution >= 4 is 18.4 Å². The molecule has 2 heteroatoms. The standard InChI is InChI=1S/C5H5.C5H4.3CH3.Sn.Ti.2H/c2*1-2-4-5-3-1;;;;;;;/h1-3H,4H2;1-2H,3H2;3*1H3;;;;/q2*-1;;;;;+2;2*-1. The molecule has 0 saturated heterocycles. The van der Waals surface area contributed by atoms with E-state index in [1.807, 2.05) is 12.2 Å². The summed E-state index contributed by atoms with van der Waals surface area (Å²) in [5, 5.41) is 0. The monoisotopic (exact) mass is 344 g/mol. The molecule has 15 heavy (non-hydrogen) atoms. The van der Waals surface area contributed by atoms with E-state index in [9.17, 15) is 0 Å². The number of hydrogen-bond donors (Lipinski definition) is 0. The number of hydrogen-bond acceptors (Lipinski definition) is 0. The molecule has 0 aliphatic heterocycles. The fraction of sp³-hybridized carbons (Fsp3) is 0.385. The summed E-state index contributed by atoms with van der Waals surface area (Å²) in [6.45, 7) is 0. The maximum atomic E-state index is 3.40. The van der Waals surface area contributed by atoms with Crippen LogP contribution in [0.5, 0.6) is 0 Å². The van der Waals surface area contributed by atoms with Crippen LogP contribution in [0.2, 0.25) is 14.8 Å². The van der Waals surface area contributed by atoms with E-state index in [4.69, 9.17) is 0 Å². The minimum Gasteiger partial charge on any atom is -1.00 e. The molecule has 82 valence electrons. The Kier molecular flexibility index (Phi) is 7.94. The van der Waals surface area contributed by atoms with E-state index in [2.05, 4.69) is 45.2 Å². The summed E-state index contributed by atoms with van der Waals surface area (Å²) >= 11 is -1.67. The molecule has 0 N–H and O–H groups in total. The van der Waals surface area contributed by atoms with Crippen LogP contribution in [0.25, 0.3) is 0 Å². The Morgan fingerprint density at radius 1 is 1.20 bits per heavy atom. The summed E-state index contributed by atoms with van der Waals surface area (Å²) in [6.07, 6.45) is 18.9. The molecular formula is C13H20SnTi-2. The van der Waals surface area contributed by atoms with E-state index in [0.717, 1.165) is 12.8 Å². The number of allylic oxidation sites excluding steroid dienone is 8. The van der Waals surface area contributed by atoms with Crippen molar-refractivity contribution in [1.29, 1.82) is 0 Å². The van der Waals surface area contributed by atoms with Crippen LogP contribution in [-0.4, -0.2) is 18.4 Å². The van der Waals surface area contributed by atoms with Gasteiger partial charge in [-0.3, -0.25) is 6.08 Å². The molecular weight excluding hydrogens is 323 g/mol. The first-order valence-corrected chi connectivity index (χ1v) is 15.1. The first kappa shape index (κ1) is 15.5. The third kappa shape index (κ3) is 6.60. The first-order valence-electron chi connectivity index (χ1n) is 5.10. The third-order valence-electron chi connectivity index (χ3n) is 2.09. The van der Waals surface area contributed by atoms with Crippen molar-refractivity contribution in [3.8, 4) is 0 Å². The Balaban J connectivity index is -0.000000216. The van der Waals surface area contributed by atoms with E-state index < -0.39 is 18.4 Å². The normalized spacial score (nSPS) is 16.9. The molecule has 0 aromatic carbocycles. The summed E-state index contributed by atoms with van der Waals surface area (Å²) in [4.78, 5) is 7.27. The van der Waals surface area contributed by atoms with Crippen molar-refractivity contribution < 1.29 is 24.6 Å². The Bertz CT molecular complexity index is 289. The fourth-order valence-electron chi connectivity index (χ4n) is 1.26. The maximum Gasteiger partial charge on any atom is 2.00 e. The molecule has 0 nitrogen and oxygen atoms in total. The minimum atomic E-state index is -1.67. The predicted molar refractivity (Wildman–Crippen MR) is 67.7 cm³/mol. The van der Waals surface area contributed by atoms with Gasteiger partial charge in [0.15, 0.2) is 0 Å². The molecule has 0 amide bonds. The van der Waals surface area contributed by atoms with Gasteiger partial charge < -0.3 is 2.85 Å². The zero-order valence-electron chi connectivity index (χ0n) is 11.8. The van der Waals surface area contributed by atoms with Crippen LogP contribution >= 0.6 is 0 Å². The van der Waals surface area contributed by atoms with Gasteiger partial charge >= 0.3 is 83.2 Å². The van der Waals surface area contributed by atoms with Crippen LogP contribution in [-0.2, 0) is 21.7 Å². The Labute approximate surface area is 116 Å². The van der Waals surface area contributed by atoms with Gasteiger partial charge in [0.2, 0.25) is 0 Å². The summed E-state index contributed by atoms with van der Waals surface area (Å²) in [7, 11) is 0. The van der Waals surface area contributed by atoms with E-state index in [0.29, 0.717) is 0 Å². The minimum absolute atomic E-state index is 0. The molecule has 0 aromatic heterocycles. The SMILES string of the molecule is [C-]1=CC=CC1.[CH3][Sn]([CH3])([CH3])[C]1=[C-]CC=C1.[H-].[H-].[Ti+2]. The molecule has 0 saturated carbocycles. The van der Waals surface area contributed by atoms with Gasteiger partial charge in [0.05, 0.1) is 0 Å². The van der Waals surface area contributed by atoms with Crippen LogP contribution in [0, 0.1) is 12.2 Å². The van der Waals surface area contributed by atoms with Crippen LogP contribution in [0.1, 0.15) is 15.7 Å². The summed E-state index contributed by atoms with van der Waals surface area (Å²) in [5.41, 5.74) is 0. The van der Waals surface area contributed by atoms with Crippen molar-refractivity contribution in [2.45, 2.75) is 27.7 Å². The second-order valence-corrected chi connectivity index (χ2v) is 18.8. The van der Waals surface area contributed by atoms with Gasteiger partial charge in [0.1, 0.15) is 0 Å². The number of rotatable bonds is 1. The van der Waals surface area contributed by atoms with Gasteiger partial charge in [-0.15, -0.1) is 6.42 Å². The van der Waals surface area contributed by atoms with Crippen molar-refractivity contribution in [3.63, 3.8) is 0 Å². The molecule has 2 aliphatic rings. The zero-order chi connectivity index (χ0) is 10.4. The van der Waals surface area contributed by atoms with Crippen LogP contribution in [0.4, 0.5) is 0 Å². The average Bonchev–Trinajstić information content (AvgIpc) is 2.80. The third-order valence-corrected chi connectivity index (χ3v) is 7.68. The van der Waals surface area contributed by atoms with Crippen molar-refractivity contribution in [2.24, 2.45) is 0 Å². The zero-order valence-corrected chi connectivity index (χ0v) is 14.2. The van der Waals surface area contributed by atoms with Gasteiger partial charge in [0, 0.05) is 0 Å². The molecule has 0 aromatic rings. The molecule has 0 atom stereocenters. The van der Waals surface area contributed by atoms with Crippen LogP contribution in [0.15, 0.2) is 34.0 Å². The van der Waals surface area contributed by atoms with Gasteiger partial charge in [0.25, 0.3) is 0 Å². The molecule has 0 spiro atoms. The molecule has 0 bridgehead atoms.